The number of nitriles is 1. The van der Waals surface area contributed by atoms with E-state index >= 15 is 0 Å². The van der Waals surface area contributed by atoms with E-state index in [0.717, 1.165) is 0 Å². The number of hydrogen-bond acceptors (Lipinski definition) is 5. The van der Waals surface area contributed by atoms with Crippen molar-refractivity contribution in [2.45, 2.75) is 0 Å². The first kappa shape index (κ1) is 17.7. The highest BCUT2D eigenvalue weighted by atomic mass is 79.9. The molecular formula is C19H14BrN3O3. The van der Waals surface area contributed by atoms with Gasteiger partial charge in [-0.05, 0) is 51.8 Å². The average molecular weight is 412 g/mol. The minimum absolute atomic E-state index is 0.210. The van der Waals surface area contributed by atoms with E-state index < -0.39 is 0 Å². The molecular weight excluding hydrogens is 398 g/mol. The largest absolute Gasteiger partial charge is 0.493 e. The summed E-state index contributed by atoms with van der Waals surface area (Å²) in [5.41, 5.74) is 1.16. The van der Waals surface area contributed by atoms with Crippen molar-refractivity contribution in [3.8, 4) is 17.6 Å². The number of aromatic amines is 1. The van der Waals surface area contributed by atoms with Gasteiger partial charge >= 0.3 is 0 Å². The van der Waals surface area contributed by atoms with Gasteiger partial charge in [-0.3, -0.25) is 4.79 Å². The summed E-state index contributed by atoms with van der Waals surface area (Å²) in [6.45, 7) is 0. The summed E-state index contributed by atoms with van der Waals surface area (Å²) < 4.78 is 11.3. The van der Waals surface area contributed by atoms with Gasteiger partial charge in [-0.15, -0.1) is 0 Å². The fourth-order valence-corrected chi connectivity index (χ4v) is 3.18. The van der Waals surface area contributed by atoms with E-state index in [1.165, 1.54) is 7.11 Å². The number of hydrogen-bond donors (Lipinski definition) is 1. The van der Waals surface area contributed by atoms with Gasteiger partial charge in [0.25, 0.3) is 5.56 Å². The second-order valence-electron chi connectivity index (χ2n) is 5.34. The molecule has 3 aromatic rings. The lowest BCUT2D eigenvalue weighted by Gasteiger charge is -2.10. The number of para-hydroxylation sites is 1. The van der Waals surface area contributed by atoms with Crippen molar-refractivity contribution >= 4 is 38.5 Å². The van der Waals surface area contributed by atoms with Crippen LogP contribution in [0.5, 0.6) is 11.5 Å². The molecule has 0 unspecified atom stereocenters. The topological polar surface area (TPSA) is 88.0 Å². The number of allylic oxidation sites excluding steroid dienone is 1. The Morgan fingerprint density at radius 2 is 2.04 bits per heavy atom. The SMILES string of the molecule is COc1cc(/C=C(/C#N)c2nc3ccccc3c(=O)[nH]2)cc(Br)c1OC. The molecule has 0 aliphatic rings. The van der Waals surface area contributed by atoms with Crippen LogP contribution in [0.3, 0.4) is 0 Å². The monoisotopic (exact) mass is 411 g/mol. The molecule has 6 nitrogen and oxygen atoms in total. The molecule has 0 amide bonds. The van der Waals surface area contributed by atoms with Crippen molar-refractivity contribution in [1.82, 2.24) is 9.97 Å². The van der Waals surface area contributed by atoms with E-state index in [9.17, 15) is 10.1 Å². The van der Waals surface area contributed by atoms with Gasteiger partial charge in [-0.25, -0.2) is 4.98 Å². The van der Waals surface area contributed by atoms with Crippen LogP contribution in [0.25, 0.3) is 22.6 Å². The number of benzene rings is 2. The summed E-state index contributed by atoms with van der Waals surface area (Å²) in [6, 6.07) is 12.6. The molecule has 1 aromatic heterocycles. The lowest BCUT2D eigenvalue weighted by Crippen LogP contribution is -2.11. The maximum atomic E-state index is 12.2. The van der Waals surface area contributed by atoms with Gasteiger partial charge in [0, 0.05) is 0 Å². The van der Waals surface area contributed by atoms with Crippen molar-refractivity contribution in [3.63, 3.8) is 0 Å². The third-order valence-corrected chi connectivity index (χ3v) is 4.34. The van der Waals surface area contributed by atoms with E-state index in [1.54, 1.807) is 49.6 Å². The summed E-state index contributed by atoms with van der Waals surface area (Å²) in [7, 11) is 3.08. The molecule has 0 saturated heterocycles. The zero-order valence-electron chi connectivity index (χ0n) is 14.0. The fraction of sp³-hybridized carbons (Fsp3) is 0.105. The van der Waals surface area contributed by atoms with Crippen molar-refractivity contribution < 1.29 is 9.47 Å². The van der Waals surface area contributed by atoms with Gasteiger partial charge in [0.1, 0.15) is 6.07 Å². The molecule has 130 valence electrons. The first-order valence-corrected chi connectivity index (χ1v) is 8.39. The number of aromatic nitrogens is 2. The van der Waals surface area contributed by atoms with Gasteiger partial charge in [0.2, 0.25) is 0 Å². The van der Waals surface area contributed by atoms with Crippen LogP contribution >= 0.6 is 15.9 Å². The van der Waals surface area contributed by atoms with Crippen LogP contribution in [-0.2, 0) is 0 Å². The number of methoxy groups -OCH3 is 2. The van der Waals surface area contributed by atoms with E-state index in [4.69, 9.17) is 9.47 Å². The zero-order valence-corrected chi connectivity index (χ0v) is 15.6. The summed E-state index contributed by atoms with van der Waals surface area (Å²) in [5, 5.41) is 10.0. The Kier molecular flexibility index (Phi) is 5.05. The van der Waals surface area contributed by atoms with E-state index in [1.807, 2.05) is 0 Å². The van der Waals surface area contributed by atoms with Crippen LogP contribution in [0.4, 0.5) is 0 Å². The Bertz CT molecular complexity index is 1110. The number of ether oxygens (including phenoxy) is 2. The maximum Gasteiger partial charge on any atom is 0.259 e. The van der Waals surface area contributed by atoms with E-state index in [-0.39, 0.29) is 17.0 Å². The Morgan fingerprint density at radius 1 is 1.27 bits per heavy atom. The molecule has 2 aromatic carbocycles. The first-order chi connectivity index (χ1) is 12.6. The van der Waals surface area contributed by atoms with Gasteiger partial charge in [0.15, 0.2) is 17.3 Å². The molecule has 0 atom stereocenters. The van der Waals surface area contributed by atoms with Crippen molar-refractivity contribution in [2.75, 3.05) is 14.2 Å². The van der Waals surface area contributed by atoms with Gasteiger partial charge in [-0.1, -0.05) is 12.1 Å². The smallest absolute Gasteiger partial charge is 0.259 e. The third kappa shape index (κ3) is 3.32. The Labute approximate surface area is 157 Å². The highest BCUT2D eigenvalue weighted by Gasteiger charge is 2.12. The van der Waals surface area contributed by atoms with Crippen LogP contribution in [0.15, 0.2) is 45.7 Å². The predicted octanol–water partition coefficient (Wildman–Crippen LogP) is 3.77. The Morgan fingerprint density at radius 3 is 2.73 bits per heavy atom. The number of halogens is 1. The zero-order chi connectivity index (χ0) is 18.7. The van der Waals surface area contributed by atoms with Crippen LogP contribution in [0.1, 0.15) is 11.4 Å². The van der Waals surface area contributed by atoms with Gasteiger partial charge in [0.05, 0.1) is 35.2 Å². The normalized spacial score (nSPS) is 11.2. The van der Waals surface area contributed by atoms with Crippen molar-refractivity contribution in [2.24, 2.45) is 0 Å². The molecule has 3 rings (SSSR count). The van der Waals surface area contributed by atoms with Gasteiger partial charge < -0.3 is 14.5 Å². The van der Waals surface area contributed by atoms with E-state index in [0.29, 0.717) is 32.4 Å². The Balaban J connectivity index is 2.14. The molecule has 0 fully saturated rings. The van der Waals surface area contributed by atoms with Crippen LogP contribution in [-0.4, -0.2) is 24.2 Å². The molecule has 26 heavy (non-hydrogen) atoms. The number of nitrogens with one attached hydrogen (secondary N) is 1. The molecule has 0 spiro atoms. The van der Waals surface area contributed by atoms with Crippen molar-refractivity contribution in [3.05, 3.63) is 62.6 Å². The molecule has 0 aliphatic carbocycles. The van der Waals surface area contributed by atoms with Crippen LogP contribution in [0.2, 0.25) is 0 Å². The standard InChI is InChI=1S/C19H14BrN3O3/c1-25-16-9-11(8-14(20)17(16)26-2)7-12(10-21)18-22-15-6-4-3-5-13(15)19(24)23-18/h3-9H,1-2H3,(H,22,23,24)/b12-7-. The molecule has 0 bridgehead atoms. The van der Waals surface area contributed by atoms with Crippen LogP contribution in [0, 0.1) is 11.3 Å². The minimum Gasteiger partial charge on any atom is -0.493 e. The maximum absolute atomic E-state index is 12.2. The van der Waals surface area contributed by atoms with E-state index in [2.05, 4.69) is 32.0 Å². The number of rotatable bonds is 4. The third-order valence-electron chi connectivity index (χ3n) is 3.76. The lowest BCUT2D eigenvalue weighted by molar-refractivity contribution is 0.353. The fourth-order valence-electron chi connectivity index (χ4n) is 2.56. The lowest BCUT2D eigenvalue weighted by atomic mass is 10.1. The predicted molar refractivity (Wildman–Crippen MR) is 103 cm³/mol. The van der Waals surface area contributed by atoms with Crippen LogP contribution < -0.4 is 15.0 Å². The minimum atomic E-state index is -0.291. The highest BCUT2D eigenvalue weighted by molar-refractivity contribution is 9.10. The molecule has 7 heteroatoms. The second kappa shape index (κ2) is 7.42. The van der Waals surface area contributed by atoms with Crippen molar-refractivity contribution in [1.29, 1.82) is 5.26 Å². The summed E-state index contributed by atoms with van der Waals surface area (Å²) in [6.07, 6.45) is 1.62. The molecule has 0 aliphatic heterocycles. The second-order valence-corrected chi connectivity index (χ2v) is 6.19. The quantitative estimate of drug-likeness (QED) is 0.660. The number of nitrogens with zero attached hydrogens (tertiary/aromatic N) is 2. The molecule has 0 saturated carbocycles. The molecule has 1 N–H and O–H groups in total. The molecule has 0 radical (unpaired) electrons. The number of fused-ring (bicyclic) bond motifs is 1. The Hall–Kier alpha value is -3.11. The number of H-pyrrole nitrogens is 1. The summed E-state index contributed by atoms with van der Waals surface area (Å²) in [4.78, 5) is 19.3. The van der Waals surface area contributed by atoms with Gasteiger partial charge in [-0.2, -0.15) is 5.26 Å². The highest BCUT2D eigenvalue weighted by Crippen LogP contribution is 2.37. The average Bonchev–Trinajstić information content (AvgIpc) is 2.65. The summed E-state index contributed by atoms with van der Waals surface area (Å²) >= 11 is 3.42. The molecule has 1 heterocycles. The first-order valence-electron chi connectivity index (χ1n) is 7.60. The summed E-state index contributed by atoms with van der Waals surface area (Å²) in [5.74, 6) is 1.29.